The lowest BCUT2D eigenvalue weighted by Gasteiger charge is -2.30. The molecule has 1 aliphatic rings. The summed E-state index contributed by atoms with van der Waals surface area (Å²) in [5.41, 5.74) is 0.918. The Morgan fingerprint density at radius 2 is 2.05 bits per heavy atom. The van der Waals surface area contributed by atoms with Gasteiger partial charge in [-0.1, -0.05) is 30.3 Å². The second-order valence-corrected chi connectivity index (χ2v) is 4.60. The van der Waals surface area contributed by atoms with Crippen LogP contribution in [0, 0.1) is 0 Å². The number of amides is 1. The number of carbonyl (C=O) groups excluding carboxylic acids is 2. The summed E-state index contributed by atoms with van der Waals surface area (Å²) in [5, 5.41) is 0. The third kappa shape index (κ3) is 4.46. The number of hydrogen-bond acceptors (Lipinski definition) is 5. The fourth-order valence-corrected chi connectivity index (χ4v) is 2.00. The molecule has 0 bridgehead atoms. The van der Waals surface area contributed by atoms with Gasteiger partial charge >= 0.3 is 12.1 Å². The van der Waals surface area contributed by atoms with Gasteiger partial charge in [-0.25, -0.2) is 9.59 Å². The van der Waals surface area contributed by atoms with Gasteiger partial charge in [-0.3, -0.25) is 0 Å². The summed E-state index contributed by atoms with van der Waals surface area (Å²) in [6.07, 6.45) is -1.18. The molecular weight excluding hydrogens is 274 g/mol. The zero-order valence-corrected chi connectivity index (χ0v) is 12.0. The van der Waals surface area contributed by atoms with Crippen molar-refractivity contribution >= 4 is 12.1 Å². The van der Waals surface area contributed by atoms with Crippen LogP contribution in [0.2, 0.25) is 0 Å². The summed E-state index contributed by atoms with van der Waals surface area (Å²) in [6.45, 7) is 3.09. The van der Waals surface area contributed by atoms with E-state index in [1.807, 2.05) is 30.3 Å². The van der Waals surface area contributed by atoms with Crippen LogP contribution in [-0.4, -0.2) is 49.4 Å². The van der Waals surface area contributed by atoms with Gasteiger partial charge in [-0.05, 0) is 12.5 Å². The third-order valence-corrected chi connectivity index (χ3v) is 3.08. The minimum absolute atomic E-state index is 0.159. The Morgan fingerprint density at radius 3 is 2.76 bits per heavy atom. The van der Waals surface area contributed by atoms with Gasteiger partial charge in [0.15, 0.2) is 6.10 Å². The number of nitrogens with zero attached hydrogens (tertiary/aromatic N) is 1. The number of carbonyl (C=O) groups is 2. The number of morpholine rings is 1. The number of esters is 1. The molecule has 6 nitrogen and oxygen atoms in total. The van der Waals surface area contributed by atoms with Crippen LogP contribution in [0.25, 0.3) is 0 Å². The molecule has 0 aromatic heterocycles. The van der Waals surface area contributed by atoms with Gasteiger partial charge in [-0.2, -0.15) is 0 Å². The molecule has 1 saturated heterocycles. The van der Waals surface area contributed by atoms with Crippen LogP contribution >= 0.6 is 0 Å². The monoisotopic (exact) mass is 293 g/mol. The summed E-state index contributed by atoms with van der Waals surface area (Å²) in [5.74, 6) is -0.446. The molecule has 0 saturated carbocycles. The average Bonchev–Trinajstić information content (AvgIpc) is 2.54. The molecule has 114 valence electrons. The van der Waals surface area contributed by atoms with Gasteiger partial charge < -0.3 is 19.1 Å². The molecule has 0 N–H and O–H groups in total. The van der Waals surface area contributed by atoms with E-state index in [9.17, 15) is 9.59 Å². The number of ether oxygens (including phenoxy) is 3. The van der Waals surface area contributed by atoms with Gasteiger partial charge in [-0.15, -0.1) is 0 Å². The first-order valence-electron chi connectivity index (χ1n) is 6.94. The molecule has 1 aromatic rings. The summed E-state index contributed by atoms with van der Waals surface area (Å²) in [7, 11) is 0. The van der Waals surface area contributed by atoms with E-state index in [2.05, 4.69) is 0 Å². The molecule has 6 heteroatoms. The molecule has 1 heterocycles. The van der Waals surface area contributed by atoms with Crippen LogP contribution in [0.3, 0.4) is 0 Å². The Labute approximate surface area is 123 Å². The van der Waals surface area contributed by atoms with Crippen molar-refractivity contribution in [3.05, 3.63) is 35.9 Å². The van der Waals surface area contributed by atoms with Crippen LogP contribution in [-0.2, 0) is 25.6 Å². The van der Waals surface area contributed by atoms with Crippen molar-refractivity contribution in [2.24, 2.45) is 0 Å². The summed E-state index contributed by atoms with van der Waals surface area (Å²) in [6, 6.07) is 9.43. The van der Waals surface area contributed by atoms with E-state index in [0.717, 1.165) is 5.56 Å². The molecule has 1 fully saturated rings. The maximum Gasteiger partial charge on any atom is 0.410 e. The lowest BCUT2D eigenvalue weighted by Crippen LogP contribution is -2.49. The van der Waals surface area contributed by atoms with Gasteiger partial charge in [0.2, 0.25) is 0 Å². The first kappa shape index (κ1) is 15.3. The van der Waals surface area contributed by atoms with Crippen LogP contribution in [0.5, 0.6) is 0 Å². The first-order valence-corrected chi connectivity index (χ1v) is 6.94. The van der Waals surface area contributed by atoms with Gasteiger partial charge in [0.05, 0.1) is 19.8 Å². The maximum absolute atomic E-state index is 12.0. The molecule has 1 aromatic carbocycles. The molecule has 2 rings (SSSR count). The Balaban J connectivity index is 1.83. The van der Waals surface area contributed by atoms with Gasteiger partial charge in [0.1, 0.15) is 6.61 Å². The highest BCUT2D eigenvalue weighted by molar-refractivity contribution is 5.76. The fraction of sp³-hybridized carbons (Fsp3) is 0.467. The Kier molecular flexibility index (Phi) is 5.57. The van der Waals surface area contributed by atoms with Crippen molar-refractivity contribution in [3.63, 3.8) is 0 Å². The molecule has 1 amide bonds. The smallest absolute Gasteiger partial charge is 0.410 e. The summed E-state index contributed by atoms with van der Waals surface area (Å²) < 4.78 is 15.4. The van der Waals surface area contributed by atoms with Gasteiger partial charge in [0, 0.05) is 6.54 Å². The predicted molar refractivity (Wildman–Crippen MR) is 74.6 cm³/mol. The maximum atomic E-state index is 12.0. The molecule has 1 unspecified atom stereocenters. The van der Waals surface area contributed by atoms with Gasteiger partial charge in [0.25, 0.3) is 0 Å². The van der Waals surface area contributed by atoms with Crippen LogP contribution in [0.1, 0.15) is 12.5 Å². The zero-order valence-electron chi connectivity index (χ0n) is 12.0. The Hall–Kier alpha value is -2.08. The van der Waals surface area contributed by atoms with E-state index in [1.165, 1.54) is 4.90 Å². The topological polar surface area (TPSA) is 65.1 Å². The van der Waals surface area contributed by atoms with Crippen LogP contribution < -0.4 is 0 Å². The minimum Gasteiger partial charge on any atom is -0.464 e. The van der Waals surface area contributed by atoms with Crippen molar-refractivity contribution < 1.29 is 23.8 Å². The van der Waals surface area contributed by atoms with Crippen molar-refractivity contribution in [2.75, 3.05) is 26.3 Å². The van der Waals surface area contributed by atoms with E-state index in [0.29, 0.717) is 13.2 Å². The van der Waals surface area contributed by atoms with Crippen LogP contribution in [0.4, 0.5) is 4.79 Å². The summed E-state index contributed by atoms with van der Waals surface area (Å²) >= 11 is 0. The van der Waals surface area contributed by atoms with E-state index in [-0.39, 0.29) is 19.8 Å². The zero-order chi connectivity index (χ0) is 15.1. The molecule has 0 spiro atoms. The van der Waals surface area contributed by atoms with Crippen molar-refractivity contribution in [3.8, 4) is 0 Å². The molecular formula is C15H19NO5. The van der Waals surface area contributed by atoms with E-state index < -0.39 is 18.2 Å². The predicted octanol–water partition coefficient (Wildman–Crippen LogP) is 1.59. The average molecular weight is 293 g/mol. The Bertz CT molecular complexity index is 476. The SMILES string of the molecule is CCOC(=O)C1CN(C(=O)OCc2ccccc2)CCO1. The first-order chi connectivity index (χ1) is 10.2. The standard InChI is InChI=1S/C15H19NO5/c1-2-19-14(17)13-10-16(8-9-20-13)15(18)21-11-12-6-4-3-5-7-12/h3-7,13H,2,8-11H2,1H3. The highest BCUT2D eigenvalue weighted by atomic mass is 16.6. The molecule has 21 heavy (non-hydrogen) atoms. The lowest BCUT2D eigenvalue weighted by atomic mass is 10.2. The molecule has 1 atom stereocenters. The Morgan fingerprint density at radius 1 is 1.29 bits per heavy atom. The van der Waals surface area contributed by atoms with E-state index in [1.54, 1.807) is 6.92 Å². The van der Waals surface area contributed by atoms with Crippen molar-refractivity contribution in [2.45, 2.75) is 19.6 Å². The highest BCUT2D eigenvalue weighted by Crippen LogP contribution is 2.10. The quantitative estimate of drug-likeness (QED) is 0.789. The van der Waals surface area contributed by atoms with Crippen LogP contribution in [0.15, 0.2) is 30.3 Å². The normalized spacial score (nSPS) is 18.1. The summed E-state index contributed by atoms with van der Waals surface area (Å²) in [4.78, 5) is 25.1. The second-order valence-electron chi connectivity index (χ2n) is 4.60. The lowest BCUT2D eigenvalue weighted by molar-refractivity contribution is -0.161. The third-order valence-electron chi connectivity index (χ3n) is 3.08. The second kappa shape index (κ2) is 7.64. The van der Waals surface area contributed by atoms with E-state index in [4.69, 9.17) is 14.2 Å². The van der Waals surface area contributed by atoms with Crippen molar-refractivity contribution in [1.82, 2.24) is 4.90 Å². The largest absolute Gasteiger partial charge is 0.464 e. The minimum atomic E-state index is -0.733. The molecule has 0 radical (unpaired) electrons. The highest BCUT2D eigenvalue weighted by Gasteiger charge is 2.30. The number of benzene rings is 1. The van der Waals surface area contributed by atoms with E-state index >= 15 is 0 Å². The fourth-order valence-electron chi connectivity index (χ4n) is 2.00. The number of rotatable bonds is 4. The molecule has 0 aliphatic carbocycles. The number of hydrogen-bond donors (Lipinski definition) is 0. The van der Waals surface area contributed by atoms with Crippen molar-refractivity contribution in [1.29, 1.82) is 0 Å². The molecule has 1 aliphatic heterocycles.